The molecule has 3 aliphatic rings. The van der Waals surface area contributed by atoms with Crippen molar-refractivity contribution in [3.8, 4) is 5.88 Å². The van der Waals surface area contributed by atoms with Crippen molar-refractivity contribution in [3.63, 3.8) is 0 Å². The first-order valence-electron chi connectivity index (χ1n) is 13.1. The number of methoxy groups -OCH3 is 1. The lowest BCUT2D eigenvalue weighted by molar-refractivity contribution is -0.124. The number of rotatable bonds is 6. The molecular weight excluding hydrogens is 458 g/mol. The van der Waals surface area contributed by atoms with Crippen molar-refractivity contribution < 1.29 is 19.1 Å². The fourth-order valence-corrected chi connectivity index (χ4v) is 5.83. The standard InChI is InChI=1S/C27H35N5O4/c1-35-23-12-11-22(31-32-23)30-24(18-7-5-3-2-4-6-8-18)25(33)28-19-9-10-20-21(17-19)29-26(34)27(20)13-15-36-16-14-27/h9-12,17-18,24H,2-8,13-16H2,1H3,(H,28,33)(H,29,34)(H,30,31). The van der Waals surface area contributed by atoms with E-state index in [0.717, 1.165) is 36.9 Å². The van der Waals surface area contributed by atoms with Gasteiger partial charge in [0.1, 0.15) is 11.9 Å². The number of amides is 2. The Balaban J connectivity index is 1.35. The Bertz CT molecular complexity index is 1080. The number of carbonyl (C=O) groups is 2. The van der Waals surface area contributed by atoms with Gasteiger partial charge in [-0.25, -0.2) is 0 Å². The predicted molar refractivity (Wildman–Crippen MR) is 137 cm³/mol. The third-order valence-electron chi connectivity index (χ3n) is 7.89. The number of hydrogen-bond donors (Lipinski definition) is 3. The van der Waals surface area contributed by atoms with Gasteiger partial charge in [-0.3, -0.25) is 9.59 Å². The SMILES string of the molecule is COc1ccc(NC(C(=O)Nc2ccc3c(c2)NC(=O)C32CCOCC2)C2CCCCCCC2)nn1. The Morgan fingerprint density at radius 3 is 2.53 bits per heavy atom. The van der Waals surface area contributed by atoms with E-state index in [4.69, 9.17) is 9.47 Å². The second-order valence-electron chi connectivity index (χ2n) is 10.1. The van der Waals surface area contributed by atoms with Crippen LogP contribution in [0.25, 0.3) is 0 Å². The minimum atomic E-state index is -0.522. The first-order valence-corrected chi connectivity index (χ1v) is 13.1. The Morgan fingerprint density at radius 2 is 1.83 bits per heavy atom. The summed E-state index contributed by atoms with van der Waals surface area (Å²) in [6, 6.07) is 8.82. The van der Waals surface area contributed by atoms with Crippen molar-refractivity contribution >= 4 is 29.0 Å². The molecule has 1 saturated heterocycles. The first kappa shape index (κ1) is 24.5. The molecule has 192 valence electrons. The maximum absolute atomic E-state index is 13.6. The number of hydrogen-bond acceptors (Lipinski definition) is 7. The van der Waals surface area contributed by atoms with Crippen LogP contribution in [-0.2, 0) is 19.7 Å². The molecule has 2 amide bonds. The van der Waals surface area contributed by atoms with E-state index in [1.165, 1.54) is 19.3 Å². The van der Waals surface area contributed by atoms with Crippen LogP contribution in [-0.4, -0.2) is 48.4 Å². The van der Waals surface area contributed by atoms with E-state index in [-0.39, 0.29) is 17.7 Å². The van der Waals surface area contributed by atoms with Gasteiger partial charge in [0.2, 0.25) is 17.7 Å². The number of carbonyl (C=O) groups excluding carboxylic acids is 2. The second kappa shape index (κ2) is 10.8. The first-order chi connectivity index (χ1) is 17.6. The Labute approximate surface area is 211 Å². The highest BCUT2D eigenvalue weighted by molar-refractivity contribution is 6.07. The molecule has 3 heterocycles. The van der Waals surface area contributed by atoms with E-state index >= 15 is 0 Å². The monoisotopic (exact) mass is 493 g/mol. The molecular formula is C27H35N5O4. The minimum absolute atomic E-state index is 0.0245. The molecule has 1 saturated carbocycles. The molecule has 9 heteroatoms. The summed E-state index contributed by atoms with van der Waals surface area (Å²) in [6.45, 7) is 1.16. The summed E-state index contributed by atoms with van der Waals surface area (Å²) in [4.78, 5) is 26.5. The number of nitrogens with zero attached hydrogens (tertiary/aromatic N) is 2. The summed E-state index contributed by atoms with van der Waals surface area (Å²) < 4.78 is 10.6. The average molecular weight is 494 g/mol. The Hall–Kier alpha value is -3.20. The van der Waals surface area contributed by atoms with Gasteiger partial charge in [-0.05, 0) is 55.4 Å². The van der Waals surface area contributed by atoms with Gasteiger partial charge in [0, 0.05) is 30.7 Å². The van der Waals surface area contributed by atoms with E-state index < -0.39 is 11.5 Å². The summed E-state index contributed by atoms with van der Waals surface area (Å²) in [7, 11) is 1.55. The Kier molecular flexibility index (Phi) is 7.36. The summed E-state index contributed by atoms with van der Waals surface area (Å²) in [5, 5.41) is 17.7. The van der Waals surface area contributed by atoms with E-state index in [1.54, 1.807) is 19.2 Å². The van der Waals surface area contributed by atoms with Gasteiger partial charge in [-0.15, -0.1) is 10.2 Å². The average Bonchev–Trinajstić information content (AvgIpc) is 3.13. The summed E-state index contributed by atoms with van der Waals surface area (Å²) in [5.74, 6) is 1.07. The van der Waals surface area contributed by atoms with Crippen molar-refractivity contribution in [3.05, 3.63) is 35.9 Å². The zero-order valence-electron chi connectivity index (χ0n) is 20.8. The maximum atomic E-state index is 13.6. The van der Waals surface area contributed by atoms with Gasteiger partial charge in [-0.1, -0.05) is 38.2 Å². The third-order valence-corrected chi connectivity index (χ3v) is 7.89. The Morgan fingerprint density at radius 1 is 1.08 bits per heavy atom. The van der Waals surface area contributed by atoms with Gasteiger partial charge >= 0.3 is 0 Å². The fraction of sp³-hybridized carbons (Fsp3) is 0.556. The van der Waals surface area contributed by atoms with Gasteiger partial charge in [-0.2, -0.15) is 0 Å². The minimum Gasteiger partial charge on any atom is -0.480 e. The van der Waals surface area contributed by atoms with E-state index in [2.05, 4.69) is 26.1 Å². The van der Waals surface area contributed by atoms with Crippen LogP contribution in [0.5, 0.6) is 5.88 Å². The van der Waals surface area contributed by atoms with Gasteiger partial charge in [0.05, 0.1) is 12.5 Å². The molecule has 9 nitrogen and oxygen atoms in total. The molecule has 36 heavy (non-hydrogen) atoms. The normalized spacial score (nSPS) is 20.5. The van der Waals surface area contributed by atoms with Gasteiger partial charge in [0.25, 0.3) is 0 Å². The summed E-state index contributed by atoms with van der Waals surface area (Å²) >= 11 is 0. The highest BCUT2D eigenvalue weighted by Crippen LogP contribution is 2.45. The summed E-state index contributed by atoms with van der Waals surface area (Å²) in [6.07, 6.45) is 9.20. The number of anilines is 3. The van der Waals surface area contributed by atoms with Crippen molar-refractivity contribution in [2.24, 2.45) is 5.92 Å². The lowest BCUT2D eigenvalue weighted by Crippen LogP contribution is -2.41. The number of fused-ring (bicyclic) bond motifs is 2. The molecule has 2 aromatic rings. The lowest BCUT2D eigenvalue weighted by Gasteiger charge is -2.31. The topological polar surface area (TPSA) is 114 Å². The summed E-state index contributed by atoms with van der Waals surface area (Å²) in [5.41, 5.74) is 1.92. The van der Waals surface area contributed by atoms with Crippen molar-refractivity contribution in [2.45, 2.75) is 69.2 Å². The van der Waals surface area contributed by atoms with Crippen molar-refractivity contribution in [1.82, 2.24) is 10.2 Å². The molecule has 1 spiro atoms. The zero-order chi connectivity index (χ0) is 25.0. The largest absolute Gasteiger partial charge is 0.480 e. The molecule has 3 N–H and O–H groups in total. The van der Waals surface area contributed by atoms with Crippen molar-refractivity contribution in [2.75, 3.05) is 36.3 Å². The maximum Gasteiger partial charge on any atom is 0.247 e. The molecule has 1 aromatic carbocycles. The molecule has 0 bridgehead atoms. The lowest BCUT2D eigenvalue weighted by atomic mass is 9.75. The van der Waals surface area contributed by atoms with Crippen LogP contribution in [0.3, 0.4) is 0 Å². The fourth-order valence-electron chi connectivity index (χ4n) is 5.83. The molecule has 2 aliphatic heterocycles. The van der Waals surface area contributed by atoms with Gasteiger partial charge < -0.3 is 25.4 Å². The highest BCUT2D eigenvalue weighted by Gasteiger charge is 2.47. The number of aromatic nitrogens is 2. The molecule has 1 unspecified atom stereocenters. The molecule has 0 radical (unpaired) electrons. The van der Waals surface area contributed by atoms with Crippen molar-refractivity contribution in [1.29, 1.82) is 0 Å². The number of benzene rings is 1. The number of nitrogens with one attached hydrogen (secondary N) is 3. The van der Waals surface area contributed by atoms with E-state index in [9.17, 15) is 9.59 Å². The second-order valence-corrected chi connectivity index (χ2v) is 10.1. The van der Waals surface area contributed by atoms with E-state index in [1.807, 2.05) is 18.2 Å². The van der Waals surface area contributed by atoms with Gasteiger partial charge in [0.15, 0.2) is 0 Å². The predicted octanol–water partition coefficient (Wildman–Crippen LogP) is 4.27. The highest BCUT2D eigenvalue weighted by atomic mass is 16.5. The molecule has 1 aliphatic carbocycles. The third kappa shape index (κ3) is 5.02. The van der Waals surface area contributed by atoms with Crippen LogP contribution in [0.4, 0.5) is 17.2 Å². The smallest absolute Gasteiger partial charge is 0.247 e. The van der Waals surface area contributed by atoms with Crippen LogP contribution < -0.4 is 20.7 Å². The van der Waals surface area contributed by atoms with E-state index in [0.29, 0.717) is 43.4 Å². The van der Waals surface area contributed by atoms with Crippen LogP contribution in [0.1, 0.15) is 63.4 Å². The van der Waals surface area contributed by atoms with Crippen LogP contribution in [0, 0.1) is 5.92 Å². The molecule has 1 atom stereocenters. The number of ether oxygens (including phenoxy) is 2. The molecule has 2 fully saturated rings. The van der Waals surface area contributed by atoms with Crippen LogP contribution in [0.2, 0.25) is 0 Å². The van der Waals surface area contributed by atoms with Crippen LogP contribution in [0.15, 0.2) is 30.3 Å². The van der Waals surface area contributed by atoms with Crippen LogP contribution >= 0.6 is 0 Å². The quantitative estimate of drug-likeness (QED) is 0.551. The molecule has 1 aromatic heterocycles. The molecule has 5 rings (SSSR count). The zero-order valence-corrected chi connectivity index (χ0v) is 20.8.